The summed E-state index contributed by atoms with van der Waals surface area (Å²) in [4.78, 5) is 15.5. The SMILES string of the molecule is CC(=O)C1(c2cnc(Cl)c(C)c2)CC1. The number of pyridine rings is 1. The van der Waals surface area contributed by atoms with E-state index in [-0.39, 0.29) is 11.2 Å². The highest BCUT2D eigenvalue weighted by molar-refractivity contribution is 6.30. The van der Waals surface area contributed by atoms with E-state index in [0.29, 0.717) is 5.15 Å². The standard InChI is InChI=1S/C11H12ClNO/c1-7-5-9(6-13-10(7)12)11(3-4-11)8(2)14/h5-6H,3-4H2,1-2H3. The van der Waals surface area contributed by atoms with Gasteiger partial charge in [-0.25, -0.2) is 4.98 Å². The molecule has 0 aromatic carbocycles. The van der Waals surface area contributed by atoms with Gasteiger partial charge in [-0.2, -0.15) is 0 Å². The van der Waals surface area contributed by atoms with Crippen LogP contribution in [0.5, 0.6) is 0 Å². The van der Waals surface area contributed by atoms with Crippen molar-refractivity contribution in [2.75, 3.05) is 0 Å². The summed E-state index contributed by atoms with van der Waals surface area (Å²) >= 11 is 5.83. The second-order valence-electron chi connectivity index (χ2n) is 3.97. The van der Waals surface area contributed by atoms with Crippen LogP contribution in [0, 0.1) is 6.92 Å². The quantitative estimate of drug-likeness (QED) is 0.701. The molecule has 0 atom stereocenters. The maximum atomic E-state index is 11.5. The Hall–Kier alpha value is -0.890. The second-order valence-corrected chi connectivity index (χ2v) is 4.33. The Bertz CT molecular complexity index is 396. The summed E-state index contributed by atoms with van der Waals surface area (Å²) in [7, 11) is 0. The highest BCUT2D eigenvalue weighted by Gasteiger charge is 2.49. The molecule has 0 bridgehead atoms. The van der Waals surface area contributed by atoms with Crippen LogP contribution in [0.1, 0.15) is 30.9 Å². The summed E-state index contributed by atoms with van der Waals surface area (Å²) in [5, 5.41) is 0.521. The van der Waals surface area contributed by atoms with Gasteiger partial charge in [-0.05, 0) is 37.8 Å². The van der Waals surface area contributed by atoms with E-state index in [1.165, 1.54) is 0 Å². The Morgan fingerprint density at radius 2 is 2.21 bits per heavy atom. The second kappa shape index (κ2) is 3.06. The molecule has 0 spiro atoms. The van der Waals surface area contributed by atoms with Crippen LogP contribution in [0.3, 0.4) is 0 Å². The number of aromatic nitrogens is 1. The lowest BCUT2D eigenvalue weighted by Crippen LogP contribution is -2.17. The van der Waals surface area contributed by atoms with E-state index in [2.05, 4.69) is 4.98 Å². The van der Waals surface area contributed by atoms with Crippen LogP contribution in [0.4, 0.5) is 0 Å². The molecule has 1 aromatic rings. The number of rotatable bonds is 2. The highest BCUT2D eigenvalue weighted by atomic mass is 35.5. The molecule has 0 radical (unpaired) electrons. The van der Waals surface area contributed by atoms with Crippen molar-refractivity contribution in [3.05, 3.63) is 28.5 Å². The van der Waals surface area contributed by atoms with E-state index in [9.17, 15) is 4.79 Å². The van der Waals surface area contributed by atoms with Gasteiger partial charge in [0.15, 0.2) is 0 Å². The van der Waals surface area contributed by atoms with E-state index >= 15 is 0 Å². The van der Waals surface area contributed by atoms with Crippen LogP contribution in [-0.4, -0.2) is 10.8 Å². The normalized spacial score (nSPS) is 17.9. The van der Waals surface area contributed by atoms with Crippen molar-refractivity contribution in [2.45, 2.75) is 32.1 Å². The Labute approximate surface area is 88.3 Å². The number of Topliss-reactive ketones (excluding diaryl/α,β-unsaturated/α-hetero) is 1. The maximum absolute atomic E-state index is 11.5. The molecule has 1 saturated carbocycles. The number of hydrogen-bond donors (Lipinski definition) is 0. The summed E-state index contributed by atoms with van der Waals surface area (Å²) in [5.74, 6) is 0.237. The minimum absolute atomic E-state index is 0.234. The largest absolute Gasteiger partial charge is 0.299 e. The van der Waals surface area contributed by atoms with Crippen molar-refractivity contribution in [3.8, 4) is 0 Å². The smallest absolute Gasteiger partial charge is 0.140 e. The predicted molar refractivity (Wildman–Crippen MR) is 55.6 cm³/mol. The molecule has 0 aliphatic heterocycles. The number of halogens is 1. The van der Waals surface area contributed by atoms with Gasteiger partial charge in [0.2, 0.25) is 0 Å². The average molecular weight is 210 g/mol. The molecule has 0 unspecified atom stereocenters. The van der Waals surface area contributed by atoms with E-state index in [0.717, 1.165) is 24.0 Å². The fraction of sp³-hybridized carbons (Fsp3) is 0.455. The van der Waals surface area contributed by atoms with Gasteiger partial charge >= 0.3 is 0 Å². The molecule has 1 fully saturated rings. The summed E-state index contributed by atoms with van der Waals surface area (Å²) in [6.07, 6.45) is 3.62. The topological polar surface area (TPSA) is 30.0 Å². The minimum Gasteiger partial charge on any atom is -0.299 e. The van der Waals surface area contributed by atoms with Gasteiger partial charge in [0, 0.05) is 6.20 Å². The van der Waals surface area contributed by atoms with E-state index in [1.54, 1.807) is 13.1 Å². The zero-order chi connectivity index (χ0) is 10.3. The molecule has 1 heterocycles. The third-order valence-electron chi connectivity index (χ3n) is 2.99. The van der Waals surface area contributed by atoms with Gasteiger partial charge in [-0.3, -0.25) is 4.79 Å². The first-order chi connectivity index (χ1) is 6.56. The van der Waals surface area contributed by atoms with Gasteiger partial charge in [0.05, 0.1) is 5.41 Å². The maximum Gasteiger partial charge on any atom is 0.140 e. The van der Waals surface area contributed by atoms with Crippen LogP contribution >= 0.6 is 11.6 Å². The van der Waals surface area contributed by atoms with Crippen LogP contribution < -0.4 is 0 Å². The molecule has 0 N–H and O–H groups in total. The molecule has 1 aromatic heterocycles. The number of hydrogen-bond acceptors (Lipinski definition) is 2. The van der Waals surface area contributed by atoms with Crippen molar-refractivity contribution < 1.29 is 4.79 Å². The number of carbonyl (C=O) groups excluding carboxylic acids is 1. The summed E-state index contributed by atoms with van der Waals surface area (Å²) in [6, 6.07) is 1.98. The van der Waals surface area contributed by atoms with Crippen molar-refractivity contribution in [1.29, 1.82) is 0 Å². The molecular weight excluding hydrogens is 198 g/mol. The van der Waals surface area contributed by atoms with Crippen LogP contribution in [0.2, 0.25) is 5.15 Å². The van der Waals surface area contributed by atoms with Crippen molar-refractivity contribution in [1.82, 2.24) is 4.98 Å². The van der Waals surface area contributed by atoms with Crippen LogP contribution in [-0.2, 0) is 10.2 Å². The molecular formula is C11H12ClNO. The van der Waals surface area contributed by atoms with Crippen molar-refractivity contribution >= 4 is 17.4 Å². The van der Waals surface area contributed by atoms with Crippen LogP contribution in [0.15, 0.2) is 12.3 Å². The average Bonchev–Trinajstić information content (AvgIpc) is 2.90. The first kappa shape index (κ1) is 9.66. The first-order valence-electron chi connectivity index (χ1n) is 4.70. The summed E-state index contributed by atoms with van der Waals surface area (Å²) < 4.78 is 0. The molecule has 2 nitrogen and oxygen atoms in total. The predicted octanol–water partition coefficient (Wildman–Crippen LogP) is 2.66. The highest BCUT2D eigenvalue weighted by Crippen LogP contribution is 2.49. The zero-order valence-corrected chi connectivity index (χ0v) is 9.06. The molecule has 0 saturated heterocycles. The molecule has 1 aliphatic carbocycles. The Kier molecular flexibility index (Phi) is 2.11. The number of aryl methyl sites for hydroxylation is 1. The lowest BCUT2D eigenvalue weighted by atomic mass is 9.93. The molecule has 2 rings (SSSR count). The van der Waals surface area contributed by atoms with E-state index < -0.39 is 0 Å². The van der Waals surface area contributed by atoms with Gasteiger partial charge in [-0.15, -0.1) is 0 Å². The van der Waals surface area contributed by atoms with E-state index in [4.69, 9.17) is 11.6 Å². The molecule has 14 heavy (non-hydrogen) atoms. The first-order valence-corrected chi connectivity index (χ1v) is 5.08. The Morgan fingerprint density at radius 3 is 2.64 bits per heavy atom. The van der Waals surface area contributed by atoms with Crippen molar-refractivity contribution in [2.24, 2.45) is 0 Å². The molecule has 3 heteroatoms. The summed E-state index contributed by atoms with van der Waals surface area (Å²) in [6.45, 7) is 3.56. The number of ketones is 1. The lowest BCUT2D eigenvalue weighted by molar-refractivity contribution is -0.119. The zero-order valence-electron chi connectivity index (χ0n) is 8.30. The summed E-state index contributed by atoms with van der Waals surface area (Å²) in [5.41, 5.74) is 1.73. The molecule has 0 amide bonds. The number of carbonyl (C=O) groups is 1. The third-order valence-corrected chi connectivity index (χ3v) is 3.39. The Morgan fingerprint density at radius 1 is 1.57 bits per heavy atom. The third kappa shape index (κ3) is 1.34. The van der Waals surface area contributed by atoms with Gasteiger partial charge in [-0.1, -0.05) is 17.7 Å². The van der Waals surface area contributed by atoms with Gasteiger partial charge < -0.3 is 0 Å². The minimum atomic E-state index is -0.234. The van der Waals surface area contributed by atoms with Crippen molar-refractivity contribution in [3.63, 3.8) is 0 Å². The molecule has 74 valence electrons. The lowest BCUT2D eigenvalue weighted by Gasteiger charge is -2.12. The van der Waals surface area contributed by atoms with Gasteiger partial charge in [0.25, 0.3) is 0 Å². The monoisotopic (exact) mass is 209 g/mol. The fourth-order valence-electron chi connectivity index (χ4n) is 1.79. The fourth-order valence-corrected chi connectivity index (χ4v) is 1.89. The number of nitrogens with zero attached hydrogens (tertiary/aromatic N) is 1. The van der Waals surface area contributed by atoms with Gasteiger partial charge in [0.1, 0.15) is 10.9 Å². The molecule has 1 aliphatic rings. The van der Waals surface area contributed by atoms with Crippen LogP contribution in [0.25, 0.3) is 0 Å². The van der Waals surface area contributed by atoms with E-state index in [1.807, 2.05) is 13.0 Å². The Balaban J connectivity index is 2.43.